The fourth-order valence-corrected chi connectivity index (χ4v) is 5.94. The van der Waals surface area contributed by atoms with Gasteiger partial charge in [-0.05, 0) is 74.7 Å². The average Bonchev–Trinajstić information content (AvgIpc) is 3.31. The Labute approximate surface area is 254 Å². The Balaban J connectivity index is 1.54. The van der Waals surface area contributed by atoms with Gasteiger partial charge in [-0.2, -0.15) is 0 Å². The molecule has 0 aliphatic carbocycles. The van der Waals surface area contributed by atoms with Crippen LogP contribution in [0.5, 0.6) is 17.2 Å². The van der Waals surface area contributed by atoms with E-state index in [1.807, 2.05) is 86.7 Å². The molecule has 4 aromatic rings. The largest absolute Gasteiger partial charge is 0.490 e. The van der Waals surface area contributed by atoms with Gasteiger partial charge in [0, 0.05) is 0 Å². The summed E-state index contributed by atoms with van der Waals surface area (Å²) in [5.41, 5.74) is 3.18. The zero-order valence-corrected chi connectivity index (χ0v) is 25.5. The van der Waals surface area contributed by atoms with Gasteiger partial charge in [-0.15, -0.1) is 0 Å². The van der Waals surface area contributed by atoms with E-state index in [1.165, 1.54) is 11.3 Å². The van der Waals surface area contributed by atoms with Crippen LogP contribution in [0.2, 0.25) is 0 Å². The number of carbonyl (C=O) groups excluding carboxylic acids is 1. The maximum Gasteiger partial charge on any atom is 0.338 e. The number of rotatable bonds is 11. The molecule has 0 spiro atoms. The summed E-state index contributed by atoms with van der Waals surface area (Å²) in [4.78, 5) is 32.4. The predicted octanol–water partition coefficient (Wildman–Crippen LogP) is 5.17. The number of hydrogen-bond acceptors (Lipinski definition) is 8. The SMILES string of the molecule is CCOC(=O)C1=C(C)N=c2s/c(=C\c3ccc(OCc4ccccc4)cc3)c(=O)n2[C@H]1c1ccc(OCC)c(OCC)c1. The molecule has 9 heteroatoms. The van der Waals surface area contributed by atoms with Gasteiger partial charge in [-0.1, -0.05) is 59.9 Å². The maximum absolute atomic E-state index is 14.0. The molecule has 3 aromatic carbocycles. The zero-order valence-electron chi connectivity index (χ0n) is 24.7. The molecule has 0 bridgehead atoms. The molecular weight excluding hydrogens is 564 g/mol. The van der Waals surface area contributed by atoms with Crippen molar-refractivity contribution in [3.05, 3.63) is 120 Å². The number of benzene rings is 3. The van der Waals surface area contributed by atoms with Crippen molar-refractivity contribution < 1.29 is 23.7 Å². The number of allylic oxidation sites excluding steroid dienone is 1. The van der Waals surface area contributed by atoms with E-state index in [4.69, 9.17) is 18.9 Å². The molecule has 0 saturated carbocycles. The van der Waals surface area contributed by atoms with Gasteiger partial charge >= 0.3 is 5.97 Å². The fourth-order valence-electron chi connectivity index (χ4n) is 4.90. The standard InChI is InChI=1S/C34H34N2O6S/c1-5-39-27-18-15-25(20-28(27)40-6-2)31-30(33(38)41-7-3)22(4)35-34-36(31)32(37)29(43-34)19-23-13-16-26(17-14-23)42-21-24-11-9-8-10-12-24/h8-20,31H,5-7,21H2,1-4H3/b29-19-/t31-/m0/s1. The first-order valence-corrected chi connectivity index (χ1v) is 15.1. The second kappa shape index (κ2) is 13.6. The Hall–Kier alpha value is -4.63. The second-order valence-corrected chi connectivity index (χ2v) is 10.7. The lowest BCUT2D eigenvalue weighted by atomic mass is 9.95. The van der Waals surface area contributed by atoms with Gasteiger partial charge in [0.1, 0.15) is 12.4 Å². The third-order valence-electron chi connectivity index (χ3n) is 6.83. The molecule has 1 aliphatic heterocycles. The molecule has 0 fully saturated rings. The van der Waals surface area contributed by atoms with Crippen molar-refractivity contribution in [2.24, 2.45) is 4.99 Å². The number of carbonyl (C=O) groups is 1. The molecule has 0 saturated heterocycles. The van der Waals surface area contributed by atoms with E-state index in [2.05, 4.69) is 4.99 Å². The second-order valence-electron chi connectivity index (χ2n) is 9.72. The van der Waals surface area contributed by atoms with E-state index >= 15 is 0 Å². The first-order chi connectivity index (χ1) is 20.9. The molecule has 0 unspecified atom stereocenters. The van der Waals surface area contributed by atoms with Crippen LogP contribution in [-0.4, -0.2) is 30.4 Å². The molecule has 1 aliphatic rings. The first-order valence-electron chi connectivity index (χ1n) is 14.3. The van der Waals surface area contributed by atoms with Gasteiger partial charge < -0.3 is 18.9 Å². The highest BCUT2D eigenvalue weighted by molar-refractivity contribution is 7.07. The summed E-state index contributed by atoms with van der Waals surface area (Å²) in [7, 11) is 0. The lowest BCUT2D eigenvalue weighted by Gasteiger charge is -2.25. The number of esters is 1. The minimum Gasteiger partial charge on any atom is -0.490 e. The Kier molecular flexibility index (Phi) is 9.41. The lowest BCUT2D eigenvalue weighted by molar-refractivity contribution is -0.139. The third-order valence-corrected chi connectivity index (χ3v) is 7.81. The topological polar surface area (TPSA) is 88.4 Å². The number of thiazole rings is 1. The van der Waals surface area contributed by atoms with Crippen molar-refractivity contribution >= 4 is 23.4 Å². The first kappa shape index (κ1) is 29.8. The highest BCUT2D eigenvalue weighted by Crippen LogP contribution is 2.36. The maximum atomic E-state index is 14.0. The van der Waals surface area contributed by atoms with Gasteiger partial charge in [-0.25, -0.2) is 9.79 Å². The lowest BCUT2D eigenvalue weighted by Crippen LogP contribution is -2.40. The van der Waals surface area contributed by atoms with Gasteiger partial charge in [0.25, 0.3) is 5.56 Å². The minimum absolute atomic E-state index is 0.200. The minimum atomic E-state index is -0.749. The molecule has 2 heterocycles. The molecule has 5 rings (SSSR count). The van der Waals surface area contributed by atoms with Crippen LogP contribution in [0.1, 0.15) is 50.4 Å². The molecule has 43 heavy (non-hydrogen) atoms. The molecule has 0 amide bonds. The number of aromatic nitrogens is 1. The highest BCUT2D eigenvalue weighted by Gasteiger charge is 2.34. The Morgan fingerprint density at radius 3 is 2.33 bits per heavy atom. The van der Waals surface area contributed by atoms with Crippen molar-refractivity contribution in [2.75, 3.05) is 19.8 Å². The third kappa shape index (κ3) is 6.57. The van der Waals surface area contributed by atoms with Crippen LogP contribution >= 0.6 is 11.3 Å². The Morgan fingerprint density at radius 2 is 1.63 bits per heavy atom. The van der Waals surface area contributed by atoms with E-state index in [-0.39, 0.29) is 12.2 Å². The van der Waals surface area contributed by atoms with Crippen molar-refractivity contribution in [1.29, 1.82) is 0 Å². The van der Waals surface area contributed by atoms with Crippen LogP contribution in [0.25, 0.3) is 6.08 Å². The van der Waals surface area contributed by atoms with Gasteiger partial charge in [0.05, 0.1) is 41.7 Å². The van der Waals surface area contributed by atoms with Crippen LogP contribution < -0.4 is 29.1 Å². The van der Waals surface area contributed by atoms with E-state index in [1.54, 1.807) is 24.5 Å². The molecular formula is C34H34N2O6S. The molecule has 1 atom stereocenters. The molecule has 222 valence electrons. The normalized spacial score (nSPS) is 14.6. The van der Waals surface area contributed by atoms with E-state index < -0.39 is 12.0 Å². The smallest absolute Gasteiger partial charge is 0.338 e. The summed E-state index contributed by atoms with van der Waals surface area (Å²) in [6.07, 6.45) is 1.83. The fraction of sp³-hybridized carbons (Fsp3) is 0.265. The summed E-state index contributed by atoms with van der Waals surface area (Å²) >= 11 is 1.28. The van der Waals surface area contributed by atoms with Crippen molar-refractivity contribution in [2.45, 2.75) is 40.3 Å². The summed E-state index contributed by atoms with van der Waals surface area (Å²) < 4.78 is 25.0. The molecule has 0 N–H and O–H groups in total. The summed E-state index contributed by atoms with van der Waals surface area (Å²) in [6.45, 7) is 8.88. The van der Waals surface area contributed by atoms with Crippen molar-refractivity contribution in [3.8, 4) is 17.2 Å². The zero-order chi connectivity index (χ0) is 30.3. The number of fused-ring (bicyclic) bond motifs is 1. The Morgan fingerprint density at radius 1 is 0.907 bits per heavy atom. The van der Waals surface area contributed by atoms with Crippen molar-refractivity contribution in [3.63, 3.8) is 0 Å². The van der Waals surface area contributed by atoms with E-state index in [0.29, 0.717) is 57.5 Å². The van der Waals surface area contributed by atoms with Crippen LogP contribution in [-0.2, 0) is 16.1 Å². The molecule has 0 radical (unpaired) electrons. The average molecular weight is 599 g/mol. The summed E-state index contributed by atoms with van der Waals surface area (Å²) in [6, 6.07) is 22.3. The van der Waals surface area contributed by atoms with Crippen molar-refractivity contribution in [1.82, 2.24) is 4.57 Å². The molecule has 1 aromatic heterocycles. The quantitative estimate of drug-likeness (QED) is 0.221. The van der Waals surface area contributed by atoms with E-state index in [9.17, 15) is 9.59 Å². The van der Waals surface area contributed by atoms with Crippen LogP contribution in [0.3, 0.4) is 0 Å². The van der Waals surface area contributed by atoms with Crippen LogP contribution in [0.4, 0.5) is 0 Å². The van der Waals surface area contributed by atoms with Gasteiger partial charge in [-0.3, -0.25) is 9.36 Å². The number of hydrogen-bond donors (Lipinski definition) is 0. The molecule has 8 nitrogen and oxygen atoms in total. The summed E-state index contributed by atoms with van der Waals surface area (Å²) in [5, 5.41) is 0. The van der Waals surface area contributed by atoms with Crippen LogP contribution in [0.15, 0.2) is 93.9 Å². The highest BCUT2D eigenvalue weighted by atomic mass is 32.1. The van der Waals surface area contributed by atoms with Gasteiger partial charge in [0.2, 0.25) is 0 Å². The summed E-state index contributed by atoms with van der Waals surface area (Å²) in [5.74, 6) is 1.35. The van der Waals surface area contributed by atoms with Crippen LogP contribution in [0, 0.1) is 0 Å². The Bertz CT molecular complexity index is 1810. The number of nitrogens with zero attached hydrogens (tertiary/aromatic N) is 2. The number of ether oxygens (including phenoxy) is 4. The van der Waals surface area contributed by atoms with Gasteiger partial charge in [0.15, 0.2) is 16.3 Å². The van der Waals surface area contributed by atoms with E-state index in [0.717, 1.165) is 16.9 Å². The predicted molar refractivity (Wildman–Crippen MR) is 166 cm³/mol. The monoisotopic (exact) mass is 598 g/mol.